The summed E-state index contributed by atoms with van der Waals surface area (Å²) in [5.74, 6) is 2.48. The van der Waals surface area contributed by atoms with Crippen molar-refractivity contribution in [3.63, 3.8) is 0 Å². The summed E-state index contributed by atoms with van der Waals surface area (Å²) in [6, 6.07) is 0. The molecule has 0 saturated heterocycles. The van der Waals surface area contributed by atoms with Crippen LogP contribution in [0.1, 0.15) is 20.8 Å². The highest BCUT2D eigenvalue weighted by atomic mass is 16.2. The SMILES string of the molecule is CC(C)C1C(C)C1C(=O)N(C)C. The van der Waals surface area contributed by atoms with E-state index in [-0.39, 0.29) is 0 Å². The van der Waals surface area contributed by atoms with Crippen molar-refractivity contribution in [2.45, 2.75) is 20.8 Å². The molecule has 0 bridgehead atoms. The average molecular weight is 169 g/mol. The zero-order valence-corrected chi connectivity index (χ0v) is 8.66. The lowest BCUT2D eigenvalue weighted by Gasteiger charge is -2.10. The minimum atomic E-state index is 0.306. The summed E-state index contributed by atoms with van der Waals surface area (Å²) in [4.78, 5) is 13.3. The van der Waals surface area contributed by atoms with Crippen LogP contribution in [0.4, 0.5) is 0 Å². The Morgan fingerprint density at radius 3 is 2.08 bits per heavy atom. The smallest absolute Gasteiger partial charge is 0.225 e. The van der Waals surface area contributed by atoms with E-state index in [1.54, 1.807) is 4.90 Å². The number of hydrogen-bond donors (Lipinski definition) is 0. The van der Waals surface area contributed by atoms with Crippen LogP contribution in [-0.4, -0.2) is 24.9 Å². The predicted octanol–water partition coefficient (Wildman–Crippen LogP) is 1.61. The van der Waals surface area contributed by atoms with Crippen LogP contribution in [0.2, 0.25) is 0 Å². The quantitative estimate of drug-likeness (QED) is 0.615. The molecule has 1 aliphatic carbocycles. The number of rotatable bonds is 2. The first-order valence-electron chi connectivity index (χ1n) is 4.68. The molecule has 0 aromatic carbocycles. The molecular formula is C10H19NO. The highest BCUT2D eigenvalue weighted by Gasteiger charge is 2.53. The van der Waals surface area contributed by atoms with Crippen molar-refractivity contribution in [3.8, 4) is 0 Å². The van der Waals surface area contributed by atoms with Crippen LogP contribution in [0, 0.1) is 23.7 Å². The van der Waals surface area contributed by atoms with Gasteiger partial charge in [-0.25, -0.2) is 0 Å². The molecule has 1 rings (SSSR count). The van der Waals surface area contributed by atoms with E-state index in [0.29, 0.717) is 29.6 Å². The van der Waals surface area contributed by atoms with E-state index in [2.05, 4.69) is 20.8 Å². The summed E-state index contributed by atoms with van der Waals surface area (Å²) in [6.45, 7) is 6.57. The number of nitrogens with zero attached hydrogens (tertiary/aromatic N) is 1. The van der Waals surface area contributed by atoms with Crippen LogP contribution in [0.15, 0.2) is 0 Å². The maximum absolute atomic E-state index is 11.6. The highest BCUT2D eigenvalue weighted by Crippen LogP contribution is 2.51. The third kappa shape index (κ3) is 1.47. The van der Waals surface area contributed by atoms with Gasteiger partial charge in [0.15, 0.2) is 0 Å². The Bertz CT molecular complexity index is 186. The highest BCUT2D eigenvalue weighted by molar-refractivity contribution is 5.81. The van der Waals surface area contributed by atoms with Crippen LogP contribution in [-0.2, 0) is 4.79 Å². The minimum absolute atomic E-state index is 0.306. The first kappa shape index (κ1) is 9.56. The molecule has 1 amide bonds. The summed E-state index contributed by atoms with van der Waals surface area (Å²) in [5, 5.41) is 0. The van der Waals surface area contributed by atoms with Gasteiger partial charge in [-0.15, -0.1) is 0 Å². The maximum atomic E-state index is 11.6. The van der Waals surface area contributed by atoms with Gasteiger partial charge < -0.3 is 4.90 Å². The van der Waals surface area contributed by atoms with E-state index in [0.717, 1.165) is 0 Å². The fourth-order valence-electron chi connectivity index (χ4n) is 2.20. The molecule has 0 aromatic heterocycles. The van der Waals surface area contributed by atoms with Crippen LogP contribution in [0.3, 0.4) is 0 Å². The lowest BCUT2D eigenvalue weighted by Crippen LogP contribution is -2.24. The molecular weight excluding hydrogens is 150 g/mol. The van der Waals surface area contributed by atoms with Crippen molar-refractivity contribution in [1.82, 2.24) is 4.90 Å². The fraction of sp³-hybridized carbons (Fsp3) is 0.900. The van der Waals surface area contributed by atoms with Crippen LogP contribution >= 0.6 is 0 Å². The molecule has 1 saturated carbocycles. The van der Waals surface area contributed by atoms with Crippen molar-refractivity contribution >= 4 is 5.91 Å². The number of carbonyl (C=O) groups is 1. The first-order chi connectivity index (χ1) is 5.46. The number of hydrogen-bond acceptors (Lipinski definition) is 1. The van der Waals surface area contributed by atoms with Gasteiger partial charge in [-0.1, -0.05) is 20.8 Å². The lowest BCUT2D eigenvalue weighted by molar-refractivity contribution is -0.130. The molecule has 3 atom stereocenters. The lowest BCUT2D eigenvalue weighted by atomic mass is 10.1. The summed E-state index contributed by atoms with van der Waals surface area (Å²) < 4.78 is 0. The summed E-state index contributed by atoms with van der Waals surface area (Å²) in [6.07, 6.45) is 0. The van der Waals surface area contributed by atoms with Crippen LogP contribution in [0.25, 0.3) is 0 Å². The molecule has 1 aliphatic rings. The van der Waals surface area contributed by atoms with E-state index >= 15 is 0 Å². The normalized spacial score (nSPS) is 33.7. The summed E-state index contributed by atoms with van der Waals surface area (Å²) >= 11 is 0. The van der Waals surface area contributed by atoms with Crippen molar-refractivity contribution in [1.29, 1.82) is 0 Å². The molecule has 12 heavy (non-hydrogen) atoms. The molecule has 0 aromatic rings. The molecule has 0 radical (unpaired) electrons. The summed E-state index contributed by atoms with van der Waals surface area (Å²) in [5.41, 5.74) is 0. The van der Waals surface area contributed by atoms with Crippen LogP contribution < -0.4 is 0 Å². The van der Waals surface area contributed by atoms with Crippen molar-refractivity contribution in [3.05, 3.63) is 0 Å². The standard InChI is InChI=1S/C10H19NO/c1-6(2)8-7(3)9(8)10(12)11(4)5/h6-9H,1-5H3. The Morgan fingerprint density at radius 2 is 1.83 bits per heavy atom. The molecule has 0 N–H and O–H groups in total. The van der Waals surface area contributed by atoms with Gasteiger partial charge in [0.2, 0.25) is 5.91 Å². The predicted molar refractivity (Wildman–Crippen MR) is 49.7 cm³/mol. The van der Waals surface area contributed by atoms with Gasteiger partial charge >= 0.3 is 0 Å². The Labute approximate surface area is 74.9 Å². The third-order valence-electron chi connectivity index (χ3n) is 2.94. The molecule has 1 fully saturated rings. The van der Waals surface area contributed by atoms with Gasteiger partial charge in [0.1, 0.15) is 0 Å². The Morgan fingerprint density at radius 1 is 1.33 bits per heavy atom. The number of amides is 1. The van der Waals surface area contributed by atoms with E-state index < -0.39 is 0 Å². The van der Waals surface area contributed by atoms with Gasteiger partial charge in [0.25, 0.3) is 0 Å². The van der Waals surface area contributed by atoms with Gasteiger partial charge in [-0.3, -0.25) is 4.79 Å². The largest absolute Gasteiger partial charge is 0.349 e. The Balaban J connectivity index is 2.53. The topological polar surface area (TPSA) is 20.3 Å². The Kier molecular flexibility index (Phi) is 2.45. The molecule has 3 unspecified atom stereocenters. The van der Waals surface area contributed by atoms with Crippen LogP contribution in [0.5, 0.6) is 0 Å². The molecule has 0 aliphatic heterocycles. The van der Waals surface area contributed by atoms with E-state index in [1.165, 1.54) is 0 Å². The number of carbonyl (C=O) groups excluding carboxylic acids is 1. The zero-order chi connectivity index (χ0) is 9.46. The maximum Gasteiger partial charge on any atom is 0.225 e. The second kappa shape index (κ2) is 3.08. The van der Waals surface area contributed by atoms with E-state index in [1.807, 2.05) is 14.1 Å². The second-order valence-corrected chi connectivity index (χ2v) is 4.44. The summed E-state index contributed by atoms with van der Waals surface area (Å²) in [7, 11) is 3.68. The molecule has 0 heterocycles. The van der Waals surface area contributed by atoms with E-state index in [4.69, 9.17) is 0 Å². The fourth-order valence-corrected chi connectivity index (χ4v) is 2.20. The molecule has 2 nitrogen and oxygen atoms in total. The second-order valence-electron chi connectivity index (χ2n) is 4.44. The van der Waals surface area contributed by atoms with Crippen molar-refractivity contribution in [2.24, 2.45) is 23.7 Å². The van der Waals surface area contributed by atoms with Gasteiger partial charge in [0, 0.05) is 20.0 Å². The minimum Gasteiger partial charge on any atom is -0.349 e. The molecule has 2 heteroatoms. The van der Waals surface area contributed by atoms with Crippen molar-refractivity contribution < 1.29 is 4.79 Å². The van der Waals surface area contributed by atoms with Crippen molar-refractivity contribution in [2.75, 3.05) is 14.1 Å². The third-order valence-corrected chi connectivity index (χ3v) is 2.94. The van der Waals surface area contributed by atoms with Gasteiger partial charge in [-0.2, -0.15) is 0 Å². The van der Waals surface area contributed by atoms with Gasteiger partial charge in [-0.05, 0) is 17.8 Å². The zero-order valence-electron chi connectivity index (χ0n) is 8.66. The average Bonchev–Trinajstić information content (AvgIpc) is 2.59. The first-order valence-corrected chi connectivity index (χ1v) is 4.68. The van der Waals surface area contributed by atoms with Gasteiger partial charge in [0.05, 0.1) is 0 Å². The molecule has 70 valence electrons. The Hall–Kier alpha value is -0.530. The monoisotopic (exact) mass is 169 g/mol. The molecule has 0 spiro atoms. The van der Waals surface area contributed by atoms with E-state index in [9.17, 15) is 4.79 Å².